The molecule has 0 saturated heterocycles. The van der Waals surface area contributed by atoms with Crippen molar-refractivity contribution in [3.8, 4) is 0 Å². The number of aryl methyl sites for hydroxylation is 1. The van der Waals surface area contributed by atoms with Gasteiger partial charge in [0.2, 0.25) is 5.95 Å². The van der Waals surface area contributed by atoms with E-state index < -0.39 is 0 Å². The summed E-state index contributed by atoms with van der Waals surface area (Å²) in [5.74, 6) is 0.273. The van der Waals surface area contributed by atoms with E-state index >= 15 is 0 Å². The van der Waals surface area contributed by atoms with Crippen LogP contribution in [0.2, 0.25) is 0 Å². The van der Waals surface area contributed by atoms with Crippen LogP contribution in [-0.2, 0) is 13.5 Å². The smallest absolute Gasteiger partial charge is 0.254 e. The second kappa shape index (κ2) is 2.74. The van der Waals surface area contributed by atoms with Crippen LogP contribution in [0.3, 0.4) is 0 Å². The fraction of sp³-hybridized carbons (Fsp3) is 0.429. The van der Waals surface area contributed by atoms with Gasteiger partial charge in [0.15, 0.2) is 0 Å². The first-order chi connectivity index (χ1) is 5.15. The van der Waals surface area contributed by atoms with Gasteiger partial charge in [-0.15, -0.1) is 0 Å². The predicted octanol–water partition coefficient (Wildman–Crippen LogP) is -0.0751. The summed E-state index contributed by atoms with van der Waals surface area (Å²) in [6.07, 6.45) is 0.736. The second-order valence-electron chi connectivity index (χ2n) is 2.36. The maximum atomic E-state index is 11.1. The molecule has 1 rings (SSSR count). The van der Waals surface area contributed by atoms with Gasteiger partial charge in [0.05, 0.1) is 0 Å². The number of nitrogens with zero attached hydrogens (tertiary/aromatic N) is 2. The van der Waals surface area contributed by atoms with Gasteiger partial charge < -0.3 is 5.73 Å². The zero-order chi connectivity index (χ0) is 8.43. The summed E-state index contributed by atoms with van der Waals surface area (Å²) in [5, 5.41) is 0. The summed E-state index contributed by atoms with van der Waals surface area (Å²) in [5.41, 5.74) is 6.09. The largest absolute Gasteiger partial charge is 0.369 e. The summed E-state index contributed by atoms with van der Waals surface area (Å²) in [6.45, 7) is 1.93. The van der Waals surface area contributed by atoms with Gasteiger partial charge in [-0.1, -0.05) is 6.92 Å². The molecule has 0 spiro atoms. The van der Waals surface area contributed by atoms with Crippen LogP contribution in [0.4, 0.5) is 5.95 Å². The molecular formula is C7H11N3O. The molecule has 0 atom stereocenters. The van der Waals surface area contributed by atoms with Gasteiger partial charge >= 0.3 is 0 Å². The Hall–Kier alpha value is -1.32. The van der Waals surface area contributed by atoms with E-state index in [9.17, 15) is 4.79 Å². The highest BCUT2D eigenvalue weighted by Gasteiger charge is 1.98. The van der Waals surface area contributed by atoms with E-state index in [-0.39, 0.29) is 11.5 Å². The highest BCUT2D eigenvalue weighted by Crippen LogP contribution is 1.95. The predicted molar refractivity (Wildman–Crippen MR) is 43.3 cm³/mol. The third kappa shape index (κ3) is 1.39. The molecule has 1 heterocycles. The first-order valence-corrected chi connectivity index (χ1v) is 3.47. The molecule has 0 unspecified atom stereocenters. The van der Waals surface area contributed by atoms with Crippen molar-refractivity contribution in [2.45, 2.75) is 13.3 Å². The minimum absolute atomic E-state index is 0.102. The molecule has 0 aliphatic rings. The molecule has 0 aliphatic carbocycles. The third-order valence-electron chi connectivity index (χ3n) is 1.58. The second-order valence-corrected chi connectivity index (χ2v) is 2.36. The molecule has 4 nitrogen and oxygen atoms in total. The van der Waals surface area contributed by atoms with Crippen molar-refractivity contribution in [3.63, 3.8) is 0 Å². The molecule has 0 radical (unpaired) electrons. The molecule has 0 fully saturated rings. The lowest BCUT2D eigenvalue weighted by Crippen LogP contribution is -2.21. The van der Waals surface area contributed by atoms with Crippen molar-refractivity contribution in [2.75, 3.05) is 5.73 Å². The molecular weight excluding hydrogens is 142 g/mol. The van der Waals surface area contributed by atoms with Gasteiger partial charge in [0.25, 0.3) is 5.56 Å². The van der Waals surface area contributed by atoms with Gasteiger partial charge in [-0.25, -0.2) is 4.98 Å². The SMILES string of the molecule is CCc1cc(=O)n(C)c(N)n1. The van der Waals surface area contributed by atoms with Crippen LogP contribution in [0.5, 0.6) is 0 Å². The van der Waals surface area contributed by atoms with Crippen LogP contribution < -0.4 is 11.3 Å². The summed E-state index contributed by atoms with van der Waals surface area (Å²) in [4.78, 5) is 15.1. The van der Waals surface area contributed by atoms with Crippen molar-refractivity contribution < 1.29 is 0 Å². The minimum Gasteiger partial charge on any atom is -0.369 e. The fourth-order valence-corrected chi connectivity index (χ4v) is 0.788. The van der Waals surface area contributed by atoms with E-state index in [1.54, 1.807) is 7.05 Å². The highest BCUT2D eigenvalue weighted by atomic mass is 16.1. The minimum atomic E-state index is -0.102. The average Bonchev–Trinajstić information content (AvgIpc) is 1.99. The van der Waals surface area contributed by atoms with Crippen LogP contribution in [-0.4, -0.2) is 9.55 Å². The van der Waals surface area contributed by atoms with E-state index in [0.29, 0.717) is 0 Å². The number of nitrogens with two attached hydrogens (primary N) is 1. The third-order valence-corrected chi connectivity index (χ3v) is 1.58. The molecule has 60 valence electrons. The van der Waals surface area contributed by atoms with Gasteiger partial charge in [0, 0.05) is 18.8 Å². The Morgan fingerprint density at radius 2 is 2.36 bits per heavy atom. The number of nitrogen functional groups attached to an aromatic ring is 1. The zero-order valence-electron chi connectivity index (χ0n) is 6.66. The van der Waals surface area contributed by atoms with Crippen LogP contribution in [0.1, 0.15) is 12.6 Å². The Kier molecular flexibility index (Phi) is 1.94. The maximum Gasteiger partial charge on any atom is 0.254 e. The van der Waals surface area contributed by atoms with Crippen molar-refractivity contribution >= 4 is 5.95 Å². The van der Waals surface area contributed by atoms with Crippen LogP contribution in [0, 0.1) is 0 Å². The van der Waals surface area contributed by atoms with Crippen molar-refractivity contribution in [3.05, 3.63) is 22.1 Å². The first kappa shape index (κ1) is 7.78. The molecule has 0 aromatic carbocycles. The van der Waals surface area contributed by atoms with E-state index in [2.05, 4.69) is 4.98 Å². The Balaban J connectivity index is 3.32. The van der Waals surface area contributed by atoms with Crippen LogP contribution in [0.25, 0.3) is 0 Å². The standard InChI is InChI=1S/C7H11N3O/c1-3-5-4-6(11)10(2)7(8)9-5/h4H,3H2,1-2H3,(H2,8,9). The van der Waals surface area contributed by atoms with Crippen molar-refractivity contribution in [1.29, 1.82) is 0 Å². The normalized spacial score (nSPS) is 10.0. The van der Waals surface area contributed by atoms with E-state index in [1.165, 1.54) is 10.6 Å². The maximum absolute atomic E-state index is 11.1. The highest BCUT2D eigenvalue weighted by molar-refractivity contribution is 5.19. The monoisotopic (exact) mass is 153 g/mol. The van der Waals surface area contributed by atoms with Gasteiger partial charge in [-0.05, 0) is 6.42 Å². The lowest BCUT2D eigenvalue weighted by atomic mass is 10.3. The van der Waals surface area contributed by atoms with Gasteiger partial charge in [0.1, 0.15) is 0 Å². The average molecular weight is 153 g/mol. The fourth-order valence-electron chi connectivity index (χ4n) is 0.788. The molecule has 0 aliphatic heterocycles. The van der Waals surface area contributed by atoms with Gasteiger partial charge in [-0.3, -0.25) is 9.36 Å². The summed E-state index contributed by atoms with van der Waals surface area (Å²) in [7, 11) is 1.60. The Morgan fingerprint density at radius 3 is 2.82 bits per heavy atom. The summed E-state index contributed by atoms with van der Waals surface area (Å²) in [6, 6.07) is 1.50. The van der Waals surface area contributed by atoms with Crippen LogP contribution in [0.15, 0.2) is 10.9 Å². The zero-order valence-corrected chi connectivity index (χ0v) is 6.66. The topological polar surface area (TPSA) is 60.9 Å². The molecule has 2 N–H and O–H groups in total. The quantitative estimate of drug-likeness (QED) is 0.614. The van der Waals surface area contributed by atoms with E-state index in [4.69, 9.17) is 5.73 Å². The summed E-state index contributed by atoms with van der Waals surface area (Å²) < 4.78 is 1.32. The van der Waals surface area contributed by atoms with Gasteiger partial charge in [-0.2, -0.15) is 0 Å². The first-order valence-electron chi connectivity index (χ1n) is 3.47. The number of anilines is 1. The molecule has 11 heavy (non-hydrogen) atoms. The molecule has 0 amide bonds. The van der Waals surface area contributed by atoms with Crippen molar-refractivity contribution in [2.24, 2.45) is 7.05 Å². The number of hydrogen-bond acceptors (Lipinski definition) is 3. The lowest BCUT2D eigenvalue weighted by molar-refractivity contribution is 0.821. The molecule has 0 saturated carbocycles. The van der Waals surface area contributed by atoms with Crippen molar-refractivity contribution in [1.82, 2.24) is 9.55 Å². The molecule has 0 bridgehead atoms. The molecule has 1 aromatic rings. The number of aromatic nitrogens is 2. The lowest BCUT2D eigenvalue weighted by Gasteiger charge is -2.02. The Bertz CT molecular complexity index is 316. The Morgan fingerprint density at radius 1 is 1.73 bits per heavy atom. The van der Waals surface area contributed by atoms with E-state index in [0.717, 1.165) is 12.1 Å². The van der Waals surface area contributed by atoms with E-state index in [1.807, 2.05) is 6.92 Å². The molecule has 4 heteroatoms. The summed E-state index contributed by atoms with van der Waals surface area (Å²) >= 11 is 0. The number of hydrogen-bond donors (Lipinski definition) is 1. The number of rotatable bonds is 1. The van der Waals surface area contributed by atoms with Crippen LogP contribution >= 0.6 is 0 Å². The molecule has 1 aromatic heterocycles. The Labute approximate surface area is 64.7 Å².